The van der Waals surface area contributed by atoms with Crippen molar-refractivity contribution in [2.75, 3.05) is 0 Å². The molecule has 2 aliphatic carbocycles. The van der Waals surface area contributed by atoms with Crippen molar-refractivity contribution >= 4 is 0 Å². The van der Waals surface area contributed by atoms with E-state index in [1.807, 2.05) is 0 Å². The molecule has 8 unspecified atom stereocenters. The number of alkyl halides is 3. The van der Waals surface area contributed by atoms with E-state index < -0.39 is 18.5 Å². The highest BCUT2D eigenvalue weighted by Crippen LogP contribution is 2.45. The summed E-state index contributed by atoms with van der Waals surface area (Å²) in [5.41, 5.74) is 0. The molecule has 0 aromatic carbocycles. The molecular weight excluding hydrogens is 285 g/mol. The van der Waals surface area contributed by atoms with E-state index in [0.717, 1.165) is 32.1 Å². The molecule has 2 rings (SSSR count). The molecule has 0 N–H and O–H groups in total. The van der Waals surface area contributed by atoms with Crippen LogP contribution in [-0.4, -0.2) is 18.5 Å². The quantitative estimate of drug-likeness (QED) is 0.559. The molecule has 0 saturated heterocycles. The fraction of sp³-hybridized carbons (Fsp3) is 1.00. The zero-order valence-electron chi connectivity index (χ0n) is 14.4. The van der Waals surface area contributed by atoms with Gasteiger partial charge in [0.05, 0.1) is 6.17 Å². The Bertz CT molecular complexity index is 331. The van der Waals surface area contributed by atoms with Gasteiger partial charge in [-0.2, -0.15) is 0 Å². The maximum Gasteiger partial charge on any atom is 0.103 e. The SMILES string of the molecule is CC(F)CCC(C)C1CCC(C2CCC(C)CC2F)CC1F. The predicted molar refractivity (Wildman–Crippen MR) is 86.1 cm³/mol. The van der Waals surface area contributed by atoms with E-state index in [1.54, 1.807) is 6.92 Å². The Hall–Kier alpha value is -0.210. The molecule has 0 spiro atoms. The summed E-state index contributed by atoms with van der Waals surface area (Å²) in [6.45, 7) is 5.74. The number of hydrogen-bond donors (Lipinski definition) is 0. The molecule has 8 atom stereocenters. The summed E-state index contributed by atoms with van der Waals surface area (Å²) in [6.07, 6.45) is 3.96. The predicted octanol–water partition coefficient (Wildman–Crippen LogP) is 6.29. The molecule has 0 aromatic rings. The second-order valence-electron chi connectivity index (χ2n) is 8.19. The highest BCUT2D eigenvalue weighted by atomic mass is 19.1. The zero-order chi connectivity index (χ0) is 16.3. The van der Waals surface area contributed by atoms with Crippen molar-refractivity contribution in [3.8, 4) is 0 Å². The van der Waals surface area contributed by atoms with Crippen LogP contribution in [0.3, 0.4) is 0 Å². The van der Waals surface area contributed by atoms with E-state index in [-0.39, 0.29) is 23.7 Å². The van der Waals surface area contributed by atoms with Gasteiger partial charge < -0.3 is 0 Å². The van der Waals surface area contributed by atoms with Gasteiger partial charge in [0.15, 0.2) is 0 Å². The van der Waals surface area contributed by atoms with Crippen molar-refractivity contribution in [2.45, 2.75) is 90.7 Å². The first-order chi connectivity index (χ1) is 10.4. The lowest BCUT2D eigenvalue weighted by Gasteiger charge is -2.41. The molecule has 0 aromatic heterocycles. The maximum absolute atomic E-state index is 14.6. The van der Waals surface area contributed by atoms with Gasteiger partial charge in [0.1, 0.15) is 12.3 Å². The number of halogens is 3. The fourth-order valence-corrected chi connectivity index (χ4v) is 4.77. The van der Waals surface area contributed by atoms with Crippen LogP contribution in [0, 0.1) is 29.6 Å². The van der Waals surface area contributed by atoms with Crippen LogP contribution in [0.1, 0.15) is 72.1 Å². The molecule has 0 heterocycles. The minimum absolute atomic E-state index is 0.0515. The first-order valence-corrected chi connectivity index (χ1v) is 9.30. The van der Waals surface area contributed by atoms with E-state index >= 15 is 0 Å². The summed E-state index contributed by atoms with van der Waals surface area (Å²) in [6, 6.07) is 0. The largest absolute Gasteiger partial charge is 0.248 e. The van der Waals surface area contributed by atoms with Crippen LogP contribution in [0.5, 0.6) is 0 Å². The fourth-order valence-electron chi connectivity index (χ4n) is 4.77. The van der Waals surface area contributed by atoms with Gasteiger partial charge in [-0.05, 0) is 81.5 Å². The molecule has 0 radical (unpaired) electrons. The average Bonchev–Trinajstić information content (AvgIpc) is 2.44. The Morgan fingerprint density at radius 1 is 0.909 bits per heavy atom. The second-order valence-corrected chi connectivity index (χ2v) is 8.19. The van der Waals surface area contributed by atoms with E-state index in [4.69, 9.17) is 0 Å². The third-order valence-electron chi connectivity index (χ3n) is 6.30. The Labute approximate surface area is 134 Å². The van der Waals surface area contributed by atoms with Crippen LogP contribution in [-0.2, 0) is 0 Å². The molecule has 0 bridgehead atoms. The second kappa shape index (κ2) is 8.06. The van der Waals surface area contributed by atoms with Gasteiger partial charge in [-0.15, -0.1) is 0 Å². The Balaban J connectivity index is 1.84. The molecule has 130 valence electrons. The lowest BCUT2D eigenvalue weighted by Crippen LogP contribution is -2.38. The first kappa shape index (κ1) is 18.1. The Morgan fingerprint density at radius 2 is 1.64 bits per heavy atom. The van der Waals surface area contributed by atoms with E-state index in [2.05, 4.69) is 13.8 Å². The van der Waals surface area contributed by atoms with Crippen LogP contribution in [0.2, 0.25) is 0 Å². The monoisotopic (exact) mass is 318 g/mol. The molecule has 2 saturated carbocycles. The molecule has 22 heavy (non-hydrogen) atoms. The summed E-state index contributed by atoms with van der Waals surface area (Å²) in [5, 5.41) is 0. The standard InChI is InChI=1S/C19H33F3/c1-12-4-8-17(18(21)10-12)15-7-9-16(19(22)11-15)13(2)5-6-14(3)20/h12-19H,4-11H2,1-3H3. The lowest BCUT2D eigenvalue weighted by molar-refractivity contribution is 0.0170. The van der Waals surface area contributed by atoms with Gasteiger partial charge in [-0.1, -0.05) is 20.3 Å². The van der Waals surface area contributed by atoms with Gasteiger partial charge in [0, 0.05) is 0 Å². The van der Waals surface area contributed by atoms with Crippen LogP contribution >= 0.6 is 0 Å². The van der Waals surface area contributed by atoms with Gasteiger partial charge in [-0.3, -0.25) is 0 Å². The van der Waals surface area contributed by atoms with Crippen LogP contribution in [0.25, 0.3) is 0 Å². The molecular formula is C19H33F3. The molecule has 2 aliphatic rings. The van der Waals surface area contributed by atoms with Crippen molar-refractivity contribution in [3.05, 3.63) is 0 Å². The summed E-state index contributed by atoms with van der Waals surface area (Å²) < 4.78 is 41.9. The van der Waals surface area contributed by atoms with Gasteiger partial charge in [-0.25, -0.2) is 13.2 Å². The van der Waals surface area contributed by atoms with Crippen molar-refractivity contribution in [1.82, 2.24) is 0 Å². The summed E-state index contributed by atoms with van der Waals surface area (Å²) in [4.78, 5) is 0. The molecule has 0 nitrogen and oxygen atoms in total. The average molecular weight is 318 g/mol. The highest BCUT2D eigenvalue weighted by Gasteiger charge is 2.40. The third-order valence-corrected chi connectivity index (χ3v) is 6.30. The lowest BCUT2D eigenvalue weighted by atomic mass is 9.66. The minimum Gasteiger partial charge on any atom is -0.248 e. The highest BCUT2D eigenvalue weighted by molar-refractivity contribution is 4.90. The van der Waals surface area contributed by atoms with Gasteiger partial charge in [0.2, 0.25) is 0 Å². The van der Waals surface area contributed by atoms with E-state index in [1.165, 1.54) is 0 Å². The van der Waals surface area contributed by atoms with Gasteiger partial charge in [0.25, 0.3) is 0 Å². The molecule has 3 heteroatoms. The van der Waals surface area contributed by atoms with Crippen LogP contribution in [0.4, 0.5) is 13.2 Å². The number of rotatable bonds is 5. The summed E-state index contributed by atoms with van der Waals surface area (Å²) >= 11 is 0. The van der Waals surface area contributed by atoms with Crippen molar-refractivity contribution in [3.63, 3.8) is 0 Å². The van der Waals surface area contributed by atoms with Crippen molar-refractivity contribution in [1.29, 1.82) is 0 Å². The van der Waals surface area contributed by atoms with Crippen molar-refractivity contribution < 1.29 is 13.2 Å². The summed E-state index contributed by atoms with van der Waals surface area (Å²) in [5.74, 6) is 1.07. The summed E-state index contributed by atoms with van der Waals surface area (Å²) in [7, 11) is 0. The minimum atomic E-state index is -0.824. The maximum atomic E-state index is 14.6. The smallest absolute Gasteiger partial charge is 0.103 e. The van der Waals surface area contributed by atoms with Gasteiger partial charge >= 0.3 is 0 Å². The van der Waals surface area contributed by atoms with Crippen LogP contribution in [0.15, 0.2) is 0 Å². The topological polar surface area (TPSA) is 0 Å². The molecule has 0 amide bonds. The van der Waals surface area contributed by atoms with Crippen LogP contribution < -0.4 is 0 Å². The normalized spacial score (nSPS) is 42.8. The molecule has 2 fully saturated rings. The molecule has 0 aliphatic heterocycles. The zero-order valence-corrected chi connectivity index (χ0v) is 14.4. The first-order valence-electron chi connectivity index (χ1n) is 9.30. The third kappa shape index (κ3) is 4.64. The van der Waals surface area contributed by atoms with E-state index in [0.29, 0.717) is 25.2 Å². The van der Waals surface area contributed by atoms with Crippen molar-refractivity contribution in [2.24, 2.45) is 29.6 Å². The number of hydrogen-bond acceptors (Lipinski definition) is 0. The Kier molecular flexibility index (Phi) is 6.64. The van der Waals surface area contributed by atoms with E-state index in [9.17, 15) is 13.2 Å². The Morgan fingerprint density at radius 3 is 2.23 bits per heavy atom.